The van der Waals surface area contributed by atoms with Gasteiger partial charge in [-0.15, -0.1) is 0 Å². The van der Waals surface area contributed by atoms with Crippen LogP contribution in [-0.4, -0.2) is 22.6 Å². The lowest BCUT2D eigenvalue weighted by Crippen LogP contribution is -2.34. The molecule has 0 radical (unpaired) electrons. The third-order valence-electron chi connectivity index (χ3n) is 5.58. The highest BCUT2D eigenvalue weighted by atomic mass is 15.1. The SMILES string of the molecule is N#Cc1ccccc1-n1cccc1CN1CCC(Cc2ccccc2)CC1. The molecule has 0 aliphatic carbocycles. The number of benzene rings is 2. The topological polar surface area (TPSA) is 32.0 Å². The van der Waals surface area contributed by atoms with Crippen molar-refractivity contribution in [2.24, 2.45) is 5.92 Å². The molecule has 4 rings (SSSR count). The maximum atomic E-state index is 9.41. The van der Waals surface area contributed by atoms with Crippen LogP contribution >= 0.6 is 0 Å². The highest BCUT2D eigenvalue weighted by Crippen LogP contribution is 2.24. The number of aromatic nitrogens is 1. The Bertz CT molecular complexity index is 912. The van der Waals surface area contributed by atoms with Crippen molar-refractivity contribution in [1.29, 1.82) is 5.26 Å². The molecule has 2 aromatic carbocycles. The first-order valence-corrected chi connectivity index (χ1v) is 9.75. The van der Waals surface area contributed by atoms with Gasteiger partial charge in [-0.05, 0) is 68.1 Å². The Hall–Kier alpha value is -2.83. The maximum Gasteiger partial charge on any atom is 0.101 e. The number of rotatable bonds is 5. The second-order valence-electron chi connectivity index (χ2n) is 7.41. The van der Waals surface area contributed by atoms with Gasteiger partial charge in [-0.3, -0.25) is 4.90 Å². The molecule has 0 atom stereocenters. The van der Waals surface area contributed by atoms with Gasteiger partial charge in [-0.2, -0.15) is 5.26 Å². The smallest absolute Gasteiger partial charge is 0.101 e. The number of piperidine rings is 1. The van der Waals surface area contributed by atoms with Crippen LogP contribution in [0.2, 0.25) is 0 Å². The quantitative estimate of drug-likeness (QED) is 0.658. The highest BCUT2D eigenvalue weighted by Gasteiger charge is 2.20. The van der Waals surface area contributed by atoms with Crippen LogP contribution in [0.25, 0.3) is 5.69 Å². The molecule has 1 aliphatic heterocycles. The molecule has 3 aromatic rings. The Morgan fingerprint density at radius 1 is 0.889 bits per heavy atom. The molecule has 1 aromatic heterocycles. The fraction of sp³-hybridized carbons (Fsp3) is 0.292. The Kier molecular flexibility index (Phi) is 5.37. The molecule has 3 nitrogen and oxygen atoms in total. The van der Waals surface area contributed by atoms with Gasteiger partial charge in [0.05, 0.1) is 11.3 Å². The first-order chi connectivity index (χ1) is 13.3. The van der Waals surface area contributed by atoms with E-state index in [1.807, 2.05) is 24.3 Å². The van der Waals surface area contributed by atoms with Gasteiger partial charge in [0, 0.05) is 18.4 Å². The largest absolute Gasteiger partial charge is 0.318 e. The van der Waals surface area contributed by atoms with E-state index in [4.69, 9.17) is 0 Å². The van der Waals surface area contributed by atoms with Gasteiger partial charge in [-0.1, -0.05) is 42.5 Å². The molecule has 3 heteroatoms. The number of para-hydroxylation sites is 1. The van der Waals surface area contributed by atoms with Crippen LogP contribution in [0.4, 0.5) is 0 Å². The normalized spacial score (nSPS) is 15.5. The van der Waals surface area contributed by atoms with E-state index >= 15 is 0 Å². The van der Waals surface area contributed by atoms with Crippen molar-refractivity contribution in [3.8, 4) is 11.8 Å². The zero-order valence-corrected chi connectivity index (χ0v) is 15.6. The fourth-order valence-electron chi connectivity index (χ4n) is 4.08. The summed E-state index contributed by atoms with van der Waals surface area (Å²) in [4.78, 5) is 2.54. The predicted octanol–water partition coefficient (Wildman–Crippen LogP) is 4.80. The number of nitriles is 1. The van der Waals surface area contributed by atoms with Crippen molar-refractivity contribution in [1.82, 2.24) is 9.47 Å². The van der Waals surface area contributed by atoms with E-state index in [-0.39, 0.29) is 0 Å². The third kappa shape index (κ3) is 4.13. The van der Waals surface area contributed by atoms with E-state index in [9.17, 15) is 5.26 Å². The summed E-state index contributed by atoms with van der Waals surface area (Å²) in [7, 11) is 0. The summed E-state index contributed by atoms with van der Waals surface area (Å²) in [5, 5.41) is 9.41. The van der Waals surface area contributed by atoms with Gasteiger partial charge >= 0.3 is 0 Å². The van der Waals surface area contributed by atoms with Crippen molar-refractivity contribution in [2.75, 3.05) is 13.1 Å². The Labute approximate surface area is 161 Å². The Morgan fingerprint density at radius 3 is 2.41 bits per heavy atom. The van der Waals surface area contributed by atoms with Crippen LogP contribution in [0.15, 0.2) is 72.9 Å². The summed E-state index contributed by atoms with van der Waals surface area (Å²) in [6.07, 6.45) is 5.77. The van der Waals surface area contributed by atoms with Gasteiger partial charge < -0.3 is 4.57 Å². The van der Waals surface area contributed by atoms with E-state index in [1.54, 1.807) is 0 Å². The van der Waals surface area contributed by atoms with Crippen LogP contribution in [0.5, 0.6) is 0 Å². The minimum absolute atomic E-state index is 0.719. The summed E-state index contributed by atoms with van der Waals surface area (Å²) in [5.41, 5.74) is 4.40. The van der Waals surface area contributed by atoms with Gasteiger partial charge in [0.15, 0.2) is 0 Å². The predicted molar refractivity (Wildman–Crippen MR) is 109 cm³/mol. The molecule has 0 amide bonds. The van der Waals surface area contributed by atoms with Crippen molar-refractivity contribution < 1.29 is 0 Å². The lowest BCUT2D eigenvalue weighted by atomic mass is 9.90. The Balaban J connectivity index is 1.39. The van der Waals surface area contributed by atoms with Crippen molar-refractivity contribution in [3.05, 3.63) is 89.7 Å². The van der Waals surface area contributed by atoms with Gasteiger partial charge in [0.1, 0.15) is 6.07 Å². The first kappa shape index (κ1) is 17.6. The summed E-state index contributed by atoms with van der Waals surface area (Å²) in [5.74, 6) is 0.787. The van der Waals surface area contributed by atoms with E-state index in [1.165, 1.54) is 30.5 Å². The van der Waals surface area contributed by atoms with Gasteiger partial charge in [0.25, 0.3) is 0 Å². The minimum Gasteiger partial charge on any atom is -0.318 e. The number of nitrogens with zero attached hydrogens (tertiary/aromatic N) is 3. The zero-order valence-electron chi connectivity index (χ0n) is 15.6. The maximum absolute atomic E-state index is 9.41. The summed E-state index contributed by atoms with van der Waals surface area (Å²) >= 11 is 0. The van der Waals surface area contributed by atoms with Crippen LogP contribution < -0.4 is 0 Å². The monoisotopic (exact) mass is 355 g/mol. The molecule has 1 fully saturated rings. The van der Waals surface area contributed by atoms with Gasteiger partial charge in [-0.25, -0.2) is 0 Å². The summed E-state index contributed by atoms with van der Waals surface area (Å²) in [6, 6.07) is 25.2. The van der Waals surface area contributed by atoms with Gasteiger partial charge in [0.2, 0.25) is 0 Å². The molecular weight excluding hydrogens is 330 g/mol. The Morgan fingerprint density at radius 2 is 1.63 bits per heavy atom. The number of hydrogen-bond donors (Lipinski definition) is 0. The molecule has 0 saturated carbocycles. The second-order valence-corrected chi connectivity index (χ2v) is 7.41. The second kappa shape index (κ2) is 8.24. The highest BCUT2D eigenvalue weighted by molar-refractivity contribution is 5.49. The third-order valence-corrected chi connectivity index (χ3v) is 5.58. The summed E-state index contributed by atoms with van der Waals surface area (Å²) < 4.78 is 2.16. The molecule has 1 saturated heterocycles. The number of likely N-dealkylation sites (tertiary alicyclic amines) is 1. The summed E-state index contributed by atoms with van der Waals surface area (Å²) in [6.45, 7) is 3.22. The van der Waals surface area contributed by atoms with E-state index < -0.39 is 0 Å². The average molecular weight is 355 g/mol. The van der Waals surface area contributed by atoms with E-state index in [0.29, 0.717) is 0 Å². The zero-order chi connectivity index (χ0) is 18.5. The van der Waals surface area contributed by atoms with Crippen LogP contribution in [-0.2, 0) is 13.0 Å². The molecule has 0 bridgehead atoms. The lowest BCUT2D eigenvalue weighted by Gasteiger charge is -2.32. The van der Waals surface area contributed by atoms with Crippen LogP contribution in [0, 0.1) is 17.2 Å². The molecule has 0 unspecified atom stereocenters. The van der Waals surface area contributed by atoms with E-state index in [2.05, 4.69) is 64.2 Å². The fourth-order valence-corrected chi connectivity index (χ4v) is 4.08. The molecule has 0 N–H and O–H groups in total. The molecular formula is C24H25N3. The molecule has 1 aliphatic rings. The lowest BCUT2D eigenvalue weighted by molar-refractivity contribution is 0.174. The minimum atomic E-state index is 0.719. The van der Waals surface area contributed by atoms with E-state index in [0.717, 1.165) is 36.8 Å². The standard InChI is InChI=1S/C24H25N3/c25-18-22-9-4-5-11-24(22)27-14-6-10-23(27)19-26-15-12-21(13-16-26)17-20-7-2-1-3-8-20/h1-11,14,21H,12-13,15-17,19H2. The van der Waals surface area contributed by atoms with Crippen molar-refractivity contribution in [2.45, 2.75) is 25.8 Å². The first-order valence-electron chi connectivity index (χ1n) is 9.75. The number of hydrogen-bond acceptors (Lipinski definition) is 2. The average Bonchev–Trinajstić information content (AvgIpc) is 3.18. The van der Waals surface area contributed by atoms with Crippen molar-refractivity contribution >= 4 is 0 Å². The van der Waals surface area contributed by atoms with Crippen LogP contribution in [0.3, 0.4) is 0 Å². The van der Waals surface area contributed by atoms with Crippen molar-refractivity contribution in [3.63, 3.8) is 0 Å². The molecule has 0 spiro atoms. The molecule has 27 heavy (non-hydrogen) atoms. The van der Waals surface area contributed by atoms with Crippen LogP contribution in [0.1, 0.15) is 29.7 Å². The molecule has 136 valence electrons. The molecule has 2 heterocycles.